The predicted octanol–water partition coefficient (Wildman–Crippen LogP) is 4.38. The predicted molar refractivity (Wildman–Crippen MR) is 131 cm³/mol. The third-order valence-electron chi connectivity index (χ3n) is 5.04. The fourth-order valence-corrected chi connectivity index (χ4v) is 4.29. The number of carbonyl (C=O) groups is 1. The number of carbonyl (C=O) groups excluding carboxylic acids is 1. The van der Waals surface area contributed by atoms with Crippen LogP contribution in [-0.2, 0) is 4.79 Å². The van der Waals surface area contributed by atoms with Gasteiger partial charge in [0.15, 0.2) is 11.0 Å². The molecule has 0 spiro atoms. The average Bonchev–Trinajstić information content (AvgIpc) is 3.33. The number of rotatable bonds is 9. The highest BCUT2D eigenvalue weighted by Gasteiger charge is 2.22. The van der Waals surface area contributed by atoms with E-state index in [1.165, 1.54) is 11.8 Å². The van der Waals surface area contributed by atoms with Gasteiger partial charge >= 0.3 is 0 Å². The number of pyridine rings is 1. The first kappa shape index (κ1) is 23.0. The van der Waals surface area contributed by atoms with Crippen molar-refractivity contribution in [3.63, 3.8) is 0 Å². The van der Waals surface area contributed by atoms with Crippen LogP contribution in [-0.4, -0.2) is 45.1 Å². The Labute approximate surface area is 201 Å². The van der Waals surface area contributed by atoms with Crippen LogP contribution in [0.1, 0.15) is 6.42 Å². The van der Waals surface area contributed by atoms with E-state index >= 15 is 0 Å². The summed E-state index contributed by atoms with van der Waals surface area (Å²) in [6.07, 6.45) is 3.62. The van der Waals surface area contributed by atoms with Crippen molar-refractivity contribution < 1.29 is 9.53 Å². The molecule has 4 aromatic rings. The molecule has 34 heavy (non-hydrogen) atoms. The van der Waals surface area contributed by atoms with Crippen LogP contribution in [0.5, 0.6) is 5.75 Å². The first-order chi connectivity index (χ1) is 16.7. The third kappa shape index (κ3) is 5.08. The average molecular weight is 471 g/mol. The van der Waals surface area contributed by atoms with E-state index in [2.05, 4.69) is 21.3 Å². The quantitative estimate of drug-likeness (QED) is 0.335. The van der Waals surface area contributed by atoms with Gasteiger partial charge in [-0.15, -0.1) is 10.2 Å². The first-order valence-electron chi connectivity index (χ1n) is 10.6. The summed E-state index contributed by atoms with van der Waals surface area (Å²) in [5, 5.41) is 18.5. The Morgan fingerprint density at radius 2 is 1.79 bits per heavy atom. The van der Waals surface area contributed by atoms with Gasteiger partial charge in [0.05, 0.1) is 31.0 Å². The van der Waals surface area contributed by atoms with Crippen molar-refractivity contribution in [2.45, 2.75) is 11.6 Å². The molecule has 0 N–H and O–H groups in total. The van der Waals surface area contributed by atoms with Gasteiger partial charge in [-0.1, -0.05) is 42.1 Å². The Morgan fingerprint density at radius 1 is 1.06 bits per heavy atom. The van der Waals surface area contributed by atoms with Gasteiger partial charge < -0.3 is 9.64 Å². The summed E-state index contributed by atoms with van der Waals surface area (Å²) in [5.74, 6) is 1.20. The van der Waals surface area contributed by atoms with Crippen molar-refractivity contribution in [2.24, 2.45) is 0 Å². The van der Waals surface area contributed by atoms with E-state index in [1.54, 1.807) is 30.5 Å². The molecule has 4 rings (SSSR count). The van der Waals surface area contributed by atoms with Gasteiger partial charge in [0.25, 0.3) is 0 Å². The van der Waals surface area contributed by atoms with E-state index in [4.69, 9.17) is 10.00 Å². The first-order valence-corrected chi connectivity index (χ1v) is 11.6. The van der Waals surface area contributed by atoms with E-state index in [1.807, 2.05) is 65.2 Å². The summed E-state index contributed by atoms with van der Waals surface area (Å²) < 4.78 is 7.36. The Kier molecular flexibility index (Phi) is 7.53. The summed E-state index contributed by atoms with van der Waals surface area (Å²) >= 11 is 1.29. The highest BCUT2D eigenvalue weighted by atomic mass is 32.2. The van der Waals surface area contributed by atoms with Crippen LogP contribution >= 0.6 is 11.8 Å². The number of hydrogen-bond acceptors (Lipinski definition) is 7. The number of ether oxygens (including phenoxy) is 1. The number of para-hydroxylation sites is 3. The highest BCUT2D eigenvalue weighted by Crippen LogP contribution is 2.31. The van der Waals surface area contributed by atoms with E-state index in [-0.39, 0.29) is 24.6 Å². The van der Waals surface area contributed by atoms with Crippen molar-refractivity contribution in [3.05, 3.63) is 79.1 Å². The lowest BCUT2D eigenvalue weighted by molar-refractivity contribution is -0.116. The second-order valence-corrected chi connectivity index (χ2v) is 8.07. The van der Waals surface area contributed by atoms with Crippen LogP contribution in [0, 0.1) is 11.3 Å². The monoisotopic (exact) mass is 470 g/mol. The number of hydrogen-bond donors (Lipinski definition) is 0. The van der Waals surface area contributed by atoms with Gasteiger partial charge in [-0.05, 0) is 36.4 Å². The van der Waals surface area contributed by atoms with Gasteiger partial charge in [0, 0.05) is 30.2 Å². The maximum Gasteiger partial charge on any atom is 0.237 e. The van der Waals surface area contributed by atoms with Gasteiger partial charge in [-0.3, -0.25) is 14.3 Å². The standard InChI is InChI=1S/C25H22N6O2S/c1-33-22-11-6-5-10-21(22)30(17-7-14-26)23(32)18-34-25-29-28-24(19-12-15-27-16-13-19)31(25)20-8-3-2-4-9-20/h2-6,8-13,15-16H,7,17-18H2,1H3. The van der Waals surface area contributed by atoms with E-state index in [9.17, 15) is 4.79 Å². The van der Waals surface area contributed by atoms with Crippen molar-refractivity contribution >= 4 is 23.4 Å². The molecule has 2 aromatic carbocycles. The highest BCUT2D eigenvalue weighted by molar-refractivity contribution is 7.99. The molecule has 0 unspecified atom stereocenters. The molecule has 8 nitrogen and oxygen atoms in total. The number of benzene rings is 2. The number of thioether (sulfide) groups is 1. The molecule has 0 aliphatic rings. The molecule has 0 aliphatic carbocycles. The van der Waals surface area contributed by atoms with Gasteiger partial charge in [0.1, 0.15) is 5.75 Å². The molecule has 0 radical (unpaired) electrons. The molecular weight excluding hydrogens is 448 g/mol. The van der Waals surface area contributed by atoms with Crippen LogP contribution in [0.25, 0.3) is 17.1 Å². The normalized spacial score (nSPS) is 10.5. The van der Waals surface area contributed by atoms with Crippen molar-refractivity contribution in [2.75, 3.05) is 24.3 Å². The summed E-state index contributed by atoms with van der Waals surface area (Å²) in [6, 6.07) is 22.9. The van der Waals surface area contributed by atoms with E-state index in [0.717, 1.165) is 11.3 Å². The van der Waals surface area contributed by atoms with Gasteiger partial charge in [0.2, 0.25) is 5.91 Å². The zero-order chi connectivity index (χ0) is 23.8. The van der Waals surface area contributed by atoms with Crippen molar-refractivity contribution in [1.29, 1.82) is 5.26 Å². The van der Waals surface area contributed by atoms with Crippen LogP contribution in [0.3, 0.4) is 0 Å². The molecule has 0 atom stereocenters. The maximum absolute atomic E-state index is 13.3. The fraction of sp³-hybridized carbons (Fsp3) is 0.160. The molecule has 0 aliphatic heterocycles. The molecule has 0 bridgehead atoms. The second-order valence-electron chi connectivity index (χ2n) is 7.13. The van der Waals surface area contributed by atoms with Crippen LogP contribution < -0.4 is 9.64 Å². The third-order valence-corrected chi connectivity index (χ3v) is 5.95. The molecule has 1 amide bonds. The summed E-state index contributed by atoms with van der Waals surface area (Å²) in [5.41, 5.74) is 2.39. The SMILES string of the molecule is COc1ccccc1N(CCC#N)C(=O)CSc1nnc(-c2ccncc2)n1-c1ccccc1. The minimum absolute atomic E-state index is 0.116. The fourth-order valence-electron chi connectivity index (χ4n) is 3.46. The number of amides is 1. The number of methoxy groups -OCH3 is 1. The van der Waals surface area contributed by atoms with Crippen molar-refractivity contribution in [1.82, 2.24) is 19.7 Å². The Morgan fingerprint density at radius 3 is 2.53 bits per heavy atom. The molecule has 0 saturated carbocycles. The minimum Gasteiger partial charge on any atom is -0.495 e. The number of nitriles is 1. The van der Waals surface area contributed by atoms with Crippen molar-refractivity contribution in [3.8, 4) is 28.9 Å². The number of nitrogens with zero attached hydrogens (tertiary/aromatic N) is 6. The van der Waals surface area contributed by atoms with Crippen LogP contribution in [0.2, 0.25) is 0 Å². The maximum atomic E-state index is 13.3. The lowest BCUT2D eigenvalue weighted by Gasteiger charge is -2.23. The van der Waals surface area contributed by atoms with E-state index in [0.29, 0.717) is 22.4 Å². The Balaban J connectivity index is 1.63. The molecular formula is C25H22N6O2S. The molecule has 0 fully saturated rings. The number of aromatic nitrogens is 4. The molecule has 9 heteroatoms. The van der Waals surface area contributed by atoms with Gasteiger partial charge in [-0.25, -0.2) is 0 Å². The van der Waals surface area contributed by atoms with E-state index < -0.39 is 0 Å². The lowest BCUT2D eigenvalue weighted by Crippen LogP contribution is -2.33. The molecule has 170 valence electrons. The molecule has 2 heterocycles. The topological polar surface area (TPSA) is 96.9 Å². The summed E-state index contributed by atoms with van der Waals surface area (Å²) in [4.78, 5) is 19.0. The molecule has 2 aromatic heterocycles. The summed E-state index contributed by atoms with van der Waals surface area (Å²) in [6.45, 7) is 0.268. The Bertz CT molecular complexity index is 1290. The Hall–Kier alpha value is -4.16. The number of anilines is 1. The minimum atomic E-state index is -0.155. The summed E-state index contributed by atoms with van der Waals surface area (Å²) in [7, 11) is 1.56. The molecule has 0 saturated heterocycles. The zero-order valence-corrected chi connectivity index (χ0v) is 19.4. The largest absolute Gasteiger partial charge is 0.495 e. The van der Waals surface area contributed by atoms with Crippen LogP contribution in [0.15, 0.2) is 84.3 Å². The van der Waals surface area contributed by atoms with Gasteiger partial charge in [-0.2, -0.15) is 5.26 Å². The smallest absolute Gasteiger partial charge is 0.237 e. The van der Waals surface area contributed by atoms with Crippen LogP contribution in [0.4, 0.5) is 5.69 Å². The lowest BCUT2D eigenvalue weighted by atomic mass is 10.2. The zero-order valence-electron chi connectivity index (χ0n) is 18.5. The second kappa shape index (κ2) is 11.1.